The van der Waals surface area contributed by atoms with Crippen molar-refractivity contribution < 1.29 is 18.3 Å². The van der Waals surface area contributed by atoms with Crippen molar-refractivity contribution in [1.82, 2.24) is 19.9 Å². The van der Waals surface area contributed by atoms with Crippen molar-refractivity contribution in [1.29, 1.82) is 0 Å². The van der Waals surface area contributed by atoms with E-state index in [1.165, 1.54) is 19.2 Å². The number of hydrogen-bond donors (Lipinski definition) is 1. The molecular weight excluding hydrogens is 390 g/mol. The van der Waals surface area contributed by atoms with Gasteiger partial charge in [0.2, 0.25) is 11.8 Å². The highest BCUT2D eigenvalue weighted by Crippen LogP contribution is 2.29. The number of amides is 1. The third-order valence-corrected chi connectivity index (χ3v) is 5.24. The predicted octanol–water partition coefficient (Wildman–Crippen LogP) is 4.01. The number of pyridine rings is 1. The molecule has 1 aliphatic rings. The summed E-state index contributed by atoms with van der Waals surface area (Å²) in [5.74, 6) is -1.02. The van der Waals surface area contributed by atoms with Crippen molar-refractivity contribution in [2.75, 3.05) is 6.61 Å². The number of benzene rings is 1. The van der Waals surface area contributed by atoms with Crippen LogP contribution in [0.15, 0.2) is 36.8 Å². The lowest BCUT2D eigenvalue weighted by Crippen LogP contribution is -2.35. The first kappa shape index (κ1) is 20.3. The number of imidazole rings is 1. The van der Waals surface area contributed by atoms with E-state index in [2.05, 4.69) is 15.3 Å². The molecular formula is C22H24F2N4O2. The Kier molecular flexibility index (Phi) is 5.65. The summed E-state index contributed by atoms with van der Waals surface area (Å²) in [6.07, 6.45) is 5.56. The molecule has 2 heterocycles. The fourth-order valence-electron chi connectivity index (χ4n) is 3.38. The largest absolute Gasteiger partial charge is 0.477 e. The number of aromatic nitrogens is 3. The summed E-state index contributed by atoms with van der Waals surface area (Å²) in [5.41, 5.74) is 1.52. The van der Waals surface area contributed by atoms with Gasteiger partial charge < -0.3 is 14.6 Å². The lowest BCUT2D eigenvalue weighted by atomic mass is 10.0. The number of carbonyl (C=O) groups is 1. The first-order valence-electron chi connectivity index (χ1n) is 10.1. The molecule has 1 N–H and O–H groups in total. The van der Waals surface area contributed by atoms with Crippen molar-refractivity contribution in [3.8, 4) is 5.88 Å². The van der Waals surface area contributed by atoms with E-state index in [0.29, 0.717) is 36.0 Å². The number of nitrogens with zero attached hydrogens (tertiary/aromatic N) is 3. The molecule has 3 aromatic rings. The van der Waals surface area contributed by atoms with Gasteiger partial charge in [-0.25, -0.2) is 18.7 Å². The highest BCUT2D eigenvalue weighted by molar-refractivity contribution is 5.84. The second kappa shape index (κ2) is 8.38. The topological polar surface area (TPSA) is 69.0 Å². The maximum atomic E-state index is 13.7. The summed E-state index contributed by atoms with van der Waals surface area (Å²) in [4.78, 5) is 21.3. The summed E-state index contributed by atoms with van der Waals surface area (Å²) in [5, 5.41) is 2.90. The van der Waals surface area contributed by atoms with Gasteiger partial charge in [-0.05, 0) is 30.2 Å². The molecule has 1 fully saturated rings. The Balaban J connectivity index is 1.44. The van der Waals surface area contributed by atoms with Crippen LogP contribution in [0.4, 0.5) is 8.78 Å². The molecule has 1 saturated carbocycles. The zero-order valence-electron chi connectivity index (χ0n) is 16.9. The number of nitrogens with one attached hydrogen (secondary N) is 1. The summed E-state index contributed by atoms with van der Waals surface area (Å²) in [7, 11) is 0. The Labute approximate surface area is 173 Å². The van der Waals surface area contributed by atoms with Gasteiger partial charge in [0.05, 0.1) is 24.0 Å². The normalized spacial score (nSPS) is 14.8. The van der Waals surface area contributed by atoms with Gasteiger partial charge in [0.15, 0.2) is 11.6 Å². The van der Waals surface area contributed by atoms with Crippen LogP contribution in [0.5, 0.6) is 5.88 Å². The zero-order chi connectivity index (χ0) is 21.3. The molecule has 4 rings (SSSR count). The lowest BCUT2D eigenvalue weighted by molar-refractivity contribution is -0.125. The quantitative estimate of drug-likeness (QED) is 0.605. The van der Waals surface area contributed by atoms with Crippen molar-refractivity contribution in [3.05, 3.63) is 54.0 Å². The van der Waals surface area contributed by atoms with Gasteiger partial charge in [-0.1, -0.05) is 19.9 Å². The predicted molar refractivity (Wildman–Crippen MR) is 108 cm³/mol. The van der Waals surface area contributed by atoms with Gasteiger partial charge in [-0.3, -0.25) is 4.79 Å². The summed E-state index contributed by atoms with van der Waals surface area (Å²) < 4.78 is 34.4. The summed E-state index contributed by atoms with van der Waals surface area (Å²) in [6, 6.07) is 5.16. The third kappa shape index (κ3) is 4.42. The van der Waals surface area contributed by atoms with E-state index in [9.17, 15) is 13.6 Å². The number of rotatable bonds is 8. The van der Waals surface area contributed by atoms with E-state index in [1.54, 1.807) is 16.8 Å². The molecule has 8 heteroatoms. The Hall–Kier alpha value is -3.03. The first-order chi connectivity index (χ1) is 14.4. The standard InChI is InChI=1S/C22H24F2N4O2/c1-13(2)21(28-12-27-18-7-16(23)17(24)8-19(18)28)22(29)26-10-15-5-6-20(25-9-15)30-11-14-3-4-14/h5-9,12-14,21H,3-4,10-11H2,1-2H3,(H,26,29). The monoisotopic (exact) mass is 414 g/mol. The van der Waals surface area contributed by atoms with Crippen LogP contribution in [0.2, 0.25) is 0 Å². The molecule has 0 saturated heterocycles. The Morgan fingerprint density at radius 3 is 2.67 bits per heavy atom. The van der Waals surface area contributed by atoms with Crippen LogP contribution < -0.4 is 10.1 Å². The van der Waals surface area contributed by atoms with Crippen LogP contribution in [0.3, 0.4) is 0 Å². The minimum Gasteiger partial charge on any atom is -0.477 e. The van der Waals surface area contributed by atoms with Crippen LogP contribution in [0, 0.1) is 23.5 Å². The molecule has 1 aromatic carbocycles. The molecule has 0 aliphatic heterocycles. The van der Waals surface area contributed by atoms with Crippen molar-refractivity contribution in [2.24, 2.45) is 11.8 Å². The van der Waals surface area contributed by atoms with E-state index < -0.39 is 17.7 Å². The SMILES string of the molecule is CC(C)C(C(=O)NCc1ccc(OCC2CC2)nc1)n1cnc2cc(F)c(F)cc21. The van der Waals surface area contributed by atoms with Crippen LogP contribution in [-0.4, -0.2) is 27.0 Å². The second-order valence-corrected chi connectivity index (χ2v) is 8.07. The molecule has 30 heavy (non-hydrogen) atoms. The maximum absolute atomic E-state index is 13.7. The lowest BCUT2D eigenvalue weighted by Gasteiger charge is -2.22. The third-order valence-electron chi connectivity index (χ3n) is 5.24. The Morgan fingerprint density at radius 2 is 2.00 bits per heavy atom. The van der Waals surface area contributed by atoms with Gasteiger partial charge in [0, 0.05) is 30.9 Å². The van der Waals surface area contributed by atoms with Crippen LogP contribution in [0.25, 0.3) is 11.0 Å². The average Bonchev–Trinajstić information content (AvgIpc) is 3.48. The number of hydrogen-bond acceptors (Lipinski definition) is 4. The number of ether oxygens (including phenoxy) is 1. The van der Waals surface area contributed by atoms with Gasteiger partial charge in [0.1, 0.15) is 6.04 Å². The molecule has 1 atom stereocenters. The Bertz CT molecular complexity index is 1050. The minimum absolute atomic E-state index is 0.0909. The van der Waals surface area contributed by atoms with E-state index in [0.717, 1.165) is 17.7 Å². The maximum Gasteiger partial charge on any atom is 0.243 e. The molecule has 0 spiro atoms. The molecule has 0 radical (unpaired) electrons. The second-order valence-electron chi connectivity index (χ2n) is 8.07. The Morgan fingerprint density at radius 1 is 1.23 bits per heavy atom. The molecule has 158 valence electrons. The van der Waals surface area contributed by atoms with Gasteiger partial charge in [-0.2, -0.15) is 0 Å². The molecule has 6 nitrogen and oxygen atoms in total. The van der Waals surface area contributed by atoms with Gasteiger partial charge in [0.25, 0.3) is 0 Å². The van der Waals surface area contributed by atoms with E-state index in [4.69, 9.17) is 4.74 Å². The average molecular weight is 414 g/mol. The van der Waals surface area contributed by atoms with E-state index >= 15 is 0 Å². The molecule has 1 aliphatic carbocycles. The summed E-state index contributed by atoms with van der Waals surface area (Å²) >= 11 is 0. The highest BCUT2D eigenvalue weighted by atomic mass is 19.2. The molecule has 2 aromatic heterocycles. The van der Waals surface area contributed by atoms with E-state index in [1.807, 2.05) is 19.9 Å². The number of carbonyl (C=O) groups excluding carboxylic acids is 1. The van der Waals surface area contributed by atoms with Crippen molar-refractivity contribution in [3.63, 3.8) is 0 Å². The van der Waals surface area contributed by atoms with Crippen LogP contribution in [-0.2, 0) is 11.3 Å². The molecule has 0 bridgehead atoms. The number of fused-ring (bicyclic) bond motifs is 1. The first-order valence-corrected chi connectivity index (χ1v) is 10.1. The van der Waals surface area contributed by atoms with Gasteiger partial charge >= 0.3 is 0 Å². The fraction of sp³-hybridized carbons (Fsp3) is 0.409. The zero-order valence-corrected chi connectivity index (χ0v) is 16.9. The highest BCUT2D eigenvalue weighted by Gasteiger charge is 2.26. The van der Waals surface area contributed by atoms with Crippen molar-refractivity contribution >= 4 is 16.9 Å². The summed E-state index contributed by atoms with van der Waals surface area (Å²) in [6.45, 7) is 4.78. The fourth-order valence-corrected chi connectivity index (χ4v) is 3.38. The van der Waals surface area contributed by atoms with Crippen LogP contribution >= 0.6 is 0 Å². The van der Waals surface area contributed by atoms with E-state index in [-0.39, 0.29) is 11.8 Å². The molecule has 1 amide bonds. The smallest absolute Gasteiger partial charge is 0.243 e. The van der Waals surface area contributed by atoms with Crippen molar-refractivity contribution in [2.45, 2.75) is 39.3 Å². The van der Waals surface area contributed by atoms with Crippen LogP contribution in [0.1, 0.15) is 38.3 Å². The minimum atomic E-state index is -0.970. The number of halogens is 2. The molecule has 1 unspecified atom stereocenters. The van der Waals surface area contributed by atoms with Gasteiger partial charge in [-0.15, -0.1) is 0 Å².